The number of nitrogens with one attached hydrogen (secondary N) is 1. The second kappa shape index (κ2) is 6.91. The molecule has 0 aliphatic heterocycles. The first-order chi connectivity index (χ1) is 14.6. The molecule has 0 saturated heterocycles. The van der Waals surface area contributed by atoms with Crippen molar-refractivity contribution in [3.63, 3.8) is 0 Å². The van der Waals surface area contributed by atoms with Gasteiger partial charge in [-0.05, 0) is 40.6 Å². The van der Waals surface area contributed by atoms with E-state index < -0.39 is 0 Å². The Bertz CT molecular complexity index is 1310. The van der Waals surface area contributed by atoms with Gasteiger partial charge in [0.25, 0.3) is 5.91 Å². The number of hydrogen-bond donors (Lipinski definition) is 1. The highest BCUT2D eigenvalue weighted by Gasteiger charge is 2.31. The number of aryl methyl sites for hydroxylation is 1. The molecule has 0 atom stereocenters. The van der Waals surface area contributed by atoms with Crippen LogP contribution in [-0.2, 0) is 13.5 Å². The van der Waals surface area contributed by atoms with Gasteiger partial charge in [-0.1, -0.05) is 30.3 Å². The molecule has 1 aromatic heterocycles. The first-order valence-electron chi connectivity index (χ1n) is 9.70. The zero-order valence-corrected chi connectivity index (χ0v) is 17.0. The molecule has 6 nitrogen and oxygen atoms in total. The molecule has 6 heteroatoms. The number of amides is 1. The Morgan fingerprint density at radius 2 is 1.73 bits per heavy atom. The van der Waals surface area contributed by atoms with Crippen LogP contribution >= 0.6 is 0 Å². The van der Waals surface area contributed by atoms with Gasteiger partial charge in [-0.3, -0.25) is 9.48 Å². The van der Waals surface area contributed by atoms with E-state index in [0.29, 0.717) is 23.6 Å². The molecule has 0 unspecified atom stereocenters. The largest absolute Gasteiger partial charge is 0.493 e. The number of anilines is 1. The van der Waals surface area contributed by atoms with Crippen LogP contribution < -0.4 is 14.8 Å². The van der Waals surface area contributed by atoms with Gasteiger partial charge in [0.15, 0.2) is 17.2 Å². The molecule has 3 aromatic carbocycles. The average molecular weight is 399 g/mol. The van der Waals surface area contributed by atoms with Crippen LogP contribution in [0.15, 0.2) is 54.6 Å². The van der Waals surface area contributed by atoms with Gasteiger partial charge in [0.1, 0.15) is 0 Å². The van der Waals surface area contributed by atoms with Crippen LogP contribution in [0.1, 0.15) is 21.6 Å². The third kappa shape index (κ3) is 2.80. The molecule has 0 spiro atoms. The van der Waals surface area contributed by atoms with Crippen LogP contribution in [-0.4, -0.2) is 29.9 Å². The number of aromatic nitrogens is 2. The summed E-state index contributed by atoms with van der Waals surface area (Å²) in [4.78, 5) is 13.1. The Labute approximate surface area is 174 Å². The third-order valence-electron chi connectivity index (χ3n) is 5.60. The summed E-state index contributed by atoms with van der Waals surface area (Å²) < 4.78 is 12.6. The minimum Gasteiger partial charge on any atom is -0.493 e. The fourth-order valence-corrected chi connectivity index (χ4v) is 4.19. The van der Waals surface area contributed by atoms with E-state index >= 15 is 0 Å². The first-order valence-corrected chi connectivity index (χ1v) is 9.70. The van der Waals surface area contributed by atoms with Crippen molar-refractivity contribution in [1.29, 1.82) is 0 Å². The second-order valence-electron chi connectivity index (χ2n) is 7.36. The number of nitrogens with zero attached hydrogens (tertiary/aromatic N) is 2. The summed E-state index contributed by atoms with van der Waals surface area (Å²) in [5.41, 5.74) is 5.15. The Morgan fingerprint density at radius 3 is 2.50 bits per heavy atom. The van der Waals surface area contributed by atoms with Crippen LogP contribution in [0.4, 0.5) is 5.69 Å². The quantitative estimate of drug-likeness (QED) is 0.486. The topological polar surface area (TPSA) is 65.4 Å². The lowest BCUT2D eigenvalue weighted by Crippen LogP contribution is -2.14. The highest BCUT2D eigenvalue weighted by molar-refractivity contribution is 6.06. The van der Waals surface area contributed by atoms with Gasteiger partial charge in [-0.15, -0.1) is 0 Å². The fraction of sp³-hybridized carbons (Fsp3) is 0.167. The Balaban J connectivity index is 1.50. The first kappa shape index (κ1) is 18.2. The number of hydrogen-bond acceptors (Lipinski definition) is 4. The number of ether oxygens (including phenoxy) is 2. The number of fused-ring (bicyclic) bond motifs is 4. The molecular formula is C24H21N3O3. The van der Waals surface area contributed by atoms with E-state index in [0.717, 1.165) is 38.8 Å². The van der Waals surface area contributed by atoms with E-state index in [1.807, 2.05) is 61.6 Å². The summed E-state index contributed by atoms with van der Waals surface area (Å²) >= 11 is 0. The van der Waals surface area contributed by atoms with Gasteiger partial charge in [0.05, 0.1) is 19.9 Å². The molecule has 1 aliphatic rings. The van der Waals surface area contributed by atoms with Crippen molar-refractivity contribution in [3.05, 3.63) is 71.4 Å². The predicted octanol–water partition coefficient (Wildman–Crippen LogP) is 4.41. The van der Waals surface area contributed by atoms with Crippen LogP contribution in [0, 0.1) is 0 Å². The molecule has 1 amide bonds. The molecule has 4 aromatic rings. The zero-order valence-electron chi connectivity index (χ0n) is 17.0. The number of rotatable bonds is 4. The Morgan fingerprint density at radius 1 is 1.00 bits per heavy atom. The van der Waals surface area contributed by atoms with Crippen molar-refractivity contribution in [2.24, 2.45) is 7.05 Å². The van der Waals surface area contributed by atoms with Crippen molar-refractivity contribution < 1.29 is 14.3 Å². The molecule has 30 heavy (non-hydrogen) atoms. The van der Waals surface area contributed by atoms with Crippen LogP contribution in [0.25, 0.3) is 22.0 Å². The summed E-state index contributed by atoms with van der Waals surface area (Å²) in [7, 11) is 5.10. The number of methoxy groups -OCH3 is 2. The average Bonchev–Trinajstić information content (AvgIpc) is 3.29. The summed E-state index contributed by atoms with van der Waals surface area (Å²) in [6.45, 7) is 0. The summed E-state index contributed by atoms with van der Waals surface area (Å²) in [6.07, 6.45) is 0.624. The van der Waals surface area contributed by atoms with E-state index in [1.54, 1.807) is 18.9 Å². The Kier molecular flexibility index (Phi) is 4.20. The number of benzene rings is 3. The smallest absolute Gasteiger partial charge is 0.276 e. The molecule has 0 fully saturated rings. The van der Waals surface area contributed by atoms with Gasteiger partial charge >= 0.3 is 0 Å². The molecule has 0 radical (unpaired) electrons. The van der Waals surface area contributed by atoms with Gasteiger partial charge < -0.3 is 14.8 Å². The molecule has 150 valence electrons. The van der Waals surface area contributed by atoms with Crippen molar-refractivity contribution >= 4 is 22.4 Å². The van der Waals surface area contributed by atoms with E-state index in [1.165, 1.54) is 0 Å². The van der Waals surface area contributed by atoms with Gasteiger partial charge in [-0.25, -0.2) is 0 Å². The van der Waals surface area contributed by atoms with Crippen LogP contribution in [0.3, 0.4) is 0 Å². The van der Waals surface area contributed by atoms with Crippen molar-refractivity contribution in [3.8, 4) is 22.8 Å². The normalized spacial score (nSPS) is 11.8. The second-order valence-corrected chi connectivity index (χ2v) is 7.36. The number of carbonyl (C=O) groups excluding carboxylic acids is 1. The maximum atomic E-state index is 13.1. The number of carbonyl (C=O) groups is 1. The van der Waals surface area contributed by atoms with Gasteiger partial charge in [0.2, 0.25) is 0 Å². The monoisotopic (exact) mass is 399 g/mol. The van der Waals surface area contributed by atoms with Gasteiger partial charge in [-0.2, -0.15) is 5.10 Å². The molecule has 0 bridgehead atoms. The lowest BCUT2D eigenvalue weighted by atomic mass is 10.1. The minimum absolute atomic E-state index is 0.214. The molecule has 5 rings (SSSR count). The summed E-state index contributed by atoms with van der Waals surface area (Å²) in [5, 5.41) is 9.73. The Hall–Kier alpha value is -3.80. The maximum Gasteiger partial charge on any atom is 0.276 e. The SMILES string of the molecule is COc1cc2c(cc1OC)-c1c(c(C(=O)Nc3ccc4ccccc4c3)nn1C)C2. The van der Waals surface area contributed by atoms with Crippen molar-refractivity contribution in [2.45, 2.75) is 6.42 Å². The highest BCUT2D eigenvalue weighted by atomic mass is 16.5. The van der Waals surface area contributed by atoms with E-state index in [4.69, 9.17) is 9.47 Å². The lowest BCUT2D eigenvalue weighted by molar-refractivity contribution is 0.102. The molecule has 1 heterocycles. The van der Waals surface area contributed by atoms with E-state index in [-0.39, 0.29) is 5.91 Å². The van der Waals surface area contributed by atoms with Gasteiger partial charge in [0, 0.05) is 30.3 Å². The minimum atomic E-state index is -0.214. The van der Waals surface area contributed by atoms with Crippen LogP contribution in [0.2, 0.25) is 0 Å². The van der Waals surface area contributed by atoms with Crippen LogP contribution in [0.5, 0.6) is 11.5 Å². The molecule has 1 N–H and O–H groups in total. The molecule has 1 aliphatic carbocycles. The maximum absolute atomic E-state index is 13.1. The van der Waals surface area contributed by atoms with Crippen molar-refractivity contribution in [1.82, 2.24) is 9.78 Å². The zero-order chi connectivity index (χ0) is 20.8. The van der Waals surface area contributed by atoms with E-state index in [2.05, 4.69) is 10.4 Å². The lowest BCUT2D eigenvalue weighted by Gasteiger charge is -2.11. The molecule has 0 saturated carbocycles. The summed E-state index contributed by atoms with van der Waals surface area (Å²) in [5.74, 6) is 1.13. The standard InChI is InChI=1S/C24H21N3O3/c1-27-23-18-13-21(30-3)20(29-2)12-16(18)11-19(23)22(26-27)24(28)25-17-9-8-14-6-4-5-7-15(14)10-17/h4-10,12-13H,11H2,1-3H3,(H,25,28). The van der Waals surface area contributed by atoms with E-state index in [9.17, 15) is 4.79 Å². The third-order valence-corrected chi connectivity index (χ3v) is 5.60. The highest BCUT2D eigenvalue weighted by Crippen LogP contribution is 2.43. The fourth-order valence-electron chi connectivity index (χ4n) is 4.19. The summed E-state index contributed by atoms with van der Waals surface area (Å²) in [6, 6.07) is 17.9. The predicted molar refractivity (Wildman–Crippen MR) is 116 cm³/mol. The van der Waals surface area contributed by atoms with Crippen molar-refractivity contribution in [2.75, 3.05) is 19.5 Å². The molecular weight excluding hydrogens is 378 g/mol.